The molecule has 0 amide bonds. The minimum Gasteiger partial charge on any atom is -0.488 e. The third-order valence-corrected chi connectivity index (χ3v) is 3.35. The summed E-state index contributed by atoms with van der Waals surface area (Å²) in [5.41, 5.74) is -0.366. The molecular weight excluding hydrogens is 336 g/mol. The molecule has 140 valence electrons. The number of carbonyl (C=O) groups is 1. The molecular formula is C20H24O6. The van der Waals surface area contributed by atoms with Gasteiger partial charge in [0.15, 0.2) is 5.75 Å². The maximum absolute atomic E-state index is 12.4. The van der Waals surface area contributed by atoms with Crippen LogP contribution >= 0.6 is 0 Å². The molecule has 0 atom stereocenters. The van der Waals surface area contributed by atoms with Gasteiger partial charge in [0.05, 0.1) is 12.7 Å². The highest BCUT2D eigenvalue weighted by Gasteiger charge is 2.22. The molecule has 2 aromatic rings. The van der Waals surface area contributed by atoms with Gasteiger partial charge in [0.2, 0.25) is 5.75 Å². The fraction of sp³-hybridized carbons (Fsp3) is 0.400. The van der Waals surface area contributed by atoms with Crippen LogP contribution in [0.15, 0.2) is 39.6 Å². The van der Waals surface area contributed by atoms with E-state index in [1.807, 2.05) is 19.1 Å². The Morgan fingerprint density at radius 1 is 1.23 bits per heavy atom. The van der Waals surface area contributed by atoms with Crippen LogP contribution in [0.3, 0.4) is 0 Å². The number of hydrogen-bond acceptors (Lipinski definition) is 6. The molecule has 0 saturated heterocycles. The van der Waals surface area contributed by atoms with Crippen LogP contribution in [-0.2, 0) is 4.79 Å². The number of fused-ring (bicyclic) bond motifs is 1. The van der Waals surface area contributed by atoms with E-state index in [1.165, 1.54) is 6.92 Å². The van der Waals surface area contributed by atoms with Crippen molar-refractivity contribution in [2.24, 2.45) is 0 Å². The molecule has 1 aromatic carbocycles. The largest absolute Gasteiger partial charge is 0.488 e. The Balaban J connectivity index is 2.57. The molecule has 0 aliphatic carbocycles. The Kier molecular flexibility index (Phi) is 6.83. The van der Waals surface area contributed by atoms with Gasteiger partial charge in [-0.05, 0) is 38.8 Å². The van der Waals surface area contributed by atoms with Gasteiger partial charge in [0.25, 0.3) is 0 Å². The highest BCUT2D eigenvalue weighted by atomic mass is 16.5. The average Bonchev–Trinajstić information content (AvgIpc) is 2.56. The molecule has 0 N–H and O–H groups in total. The maximum atomic E-state index is 12.4. The molecule has 0 saturated carbocycles. The summed E-state index contributed by atoms with van der Waals surface area (Å²) in [5.74, 6) is -0.0171. The van der Waals surface area contributed by atoms with Gasteiger partial charge in [-0.2, -0.15) is 0 Å². The molecule has 6 nitrogen and oxygen atoms in total. The predicted molar refractivity (Wildman–Crippen MR) is 99.1 cm³/mol. The van der Waals surface area contributed by atoms with Crippen molar-refractivity contribution in [3.05, 3.63) is 40.8 Å². The van der Waals surface area contributed by atoms with Crippen LogP contribution in [0.2, 0.25) is 0 Å². The zero-order valence-corrected chi connectivity index (χ0v) is 15.5. The molecule has 2 rings (SSSR count). The van der Waals surface area contributed by atoms with E-state index in [9.17, 15) is 9.59 Å². The number of carbonyl (C=O) groups excluding carboxylic acids is 1. The van der Waals surface area contributed by atoms with Gasteiger partial charge in [-0.3, -0.25) is 4.79 Å². The second-order valence-electron chi connectivity index (χ2n) is 5.95. The van der Waals surface area contributed by atoms with Crippen molar-refractivity contribution in [2.45, 2.75) is 46.6 Å². The molecule has 0 spiro atoms. The molecule has 26 heavy (non-hydrogen) atoms. The van der Waals surface area contributed by atoms with Crippen LogP contribution in [0.1, 0.15) is 40.5 Å². The lowest BCUT2D eigenvalue weighted by Crippen LogP contribution is -2.16. The van der Waals surface area contributed by atoms with Crippen molar-refractivity contribution in [3.63, 3.8) is 0 Å². The topological polar surface area (TPSA) is 75.0 Å². The zero-order valence-electron chi connectivity index (χ0n) is 15.5. The van der Waals surface area contributed by atoms with Crippen molar-refractivity contribution >= 4 is 16.9 Å². The quantitative estimate of drug-likeness (QED) is 0.230. The molecule has 0 aliphatic heterocycles. The van der Waals surface area contributed by atoms with Crippen molar-refractivity contribution < 1.29 is 23.4 Å². The summed E-state index contributed by atoms with van der Waals surface area (Å²) < 4.78 is 22.1. The summed E-state index contributed by atoms with van der Waals surface area (Å²) in [5, 5.41) is 0.400. The van der Waals surface area contributed by atoms with Crippen molar-refractivity contribution in [1.82, 2.24) is 0 Å². The Labute approximate surface area is 152 Å². The lowest BCUT2D eigenvalue weighted by atomic mass is 10.2. The van der Waals surface area contributed by atoms with Gasteiger partial charge in [0.1, 0.15) is 16.7 Å². The summed E-state index contributed by atoms with van der Waals surface area (Å²) in [7, 11) is 0. The Hall–Kier alpha value is -2.76. The molecule has 0 radical (unpaired) electrons. The Morgan fingerprint density at radius 2 is 2.00 bits per heavy atom. The molecule has 1 heterocycles. The van der Waals surface area contributed by atoms with Crippen LogP contribution < -0.4 is 19.8 Å². The van der Waals surface area contributed by atoms with Gasteiger partial charge in [-0.25, -0.2) is 4.79 Å². The molecule has 0 fully saturated rings. The van der Waals surface area contributed by atoms with E-state index < -0.39 is 11.6 Å². The first-order valence-electron chi connectivity index (χ1n) is 8.66. The first-order chi connectivity index (χ1) is 12.4. The highest BCUT2D eigenvalue weighted by molar-refractivity contribution is 5.93. The van der Waals surface area contributed by atoms with E-state index in [2.05, 4.69) is 0 Å². The molecule has 0 unspecified atom stereocenters. The SMILES string of the molecule is CC/C=C/CCOc1c(OC(C)C)c(=O)oc2cccc(OC(C)=O)c12. The van der Waals surface area contributed by atoms with Crippen molar-refractivity contribution in [2.75, 3.05) is 6.61 Å². The Morgan fingerprint density at radius 3 is 2.65 bits per heavy atom. The first-order valence-corrected chi connectivity index (χ1v) is 8.66. The smallest absolute Gasteiger partial charge is 0.383 e. The van der Waals surface area contributed by atoms with Crippen LogP contribution in [0, 0.1) is 0 Å². The number of allylic oxidation sites excluding steroid dienone is 1. The number of benzene rings is 1. The van der Waals surface area contributed by atoms with Crippen LogP contribution in [0.5, 0.6) is 17.2 Å². The van der Waals surface area contributed by atoms with Crippen LogP contribution in [-0.4, -0.2) is 18.7 Å². The van der Waals surface area contributed by atoms with E-state index in [0.29, 0.717) is 18.4 Å². The van der Waals surface area contributed by atoms with Gasteiger partial charge >= 0.3 is 11.6 Å². The van der Waals surface area contributed by atoms with Gasteiger partial charge in [-0.1, -0.05) is 25.1 Å². The predicted octanol–water partition coefficient (Wildman–Crippen LogP) is 4.24. The summed E-state index contributed by atoms with van der Waals surface area (Å²) in [6.07, 6.45) is 5.40. The molecule has 1 aromatic heterocycles. The third-order valence-electron chi connectivity index (χ3n) is 3.35. The number of rotatable bonds is 8. The first kappa shape index (κ1) is 19.6. The molecule has 0 aliphatic rings. The summed E-state index contributed by atoms with van der Waals surface area (Å²) in [6, 6.07) is 4.87. The van der Waals surface area contributed by atoms with Crippen molar-refractivity contribution in [1.29, 1.82) is 0 Å². The minimum atomic E-state index is -0.634. The highest BCUT2D eigenvalue weighted by Crippen LogP contribution is 2.39. The monoisotopic (exact) mass is 360 g/mol. The number of hydrogen-bond donors (Lipinski definition) is 0. The lowest BCUT2D eigenvalue weighted by Gasteiger charge is -2.16. The Bertz CT molecular complexity index is 847. The van der Waals surface area contributed by atoms with E-state index in [-0.39, 0.29) is 28.9 Å². The summed E-state index contributed by atoms with van der Waals surface area (Å²) >= 11 is 0. The fourth-order valence-electron chi connectivity index (χ4n) is 2.40. The van der Waals surface area contributed by atoms with Gasteiger partial charge < -0.3 is 18.6 Å². The summed E-state index contributed by atoms with van der Waals surface area (Å²) in [6.45, 7) is 7.30. The standard InChI is InChI=1S/C20H24O6/c1-5-6-7-8-12-23-18-17-15(25-14(4)21)10-9-11-16(17)26-20(22)19(18)24-13(2)3/h6-7,9-11,13H,5,8,12H2,1-4H3/b7-6+. The second-order valence-corrected chi connectivity index (χ2v) is 5.95. The number of ether oxygens (including phenoxy) is 3. The average molecular weight is 360 g/mol. The lowest BCUT2D eigenvalue weighted by molar-refractivity contribution is -0.131. The van der Waals surface area contributed by atoms with Crippen LogP contribution in [0.4, 0.5) is 0 Å². The maximum Gasteiger partial charge on any atom is 0.383 e. The van der Waals surface area contributed by atoms with Gasteiger partial charge in [0, 0.05) is 6.92 Å². The molecule has 6 heteroatoms. The zero-order chi connectivity index (χ0) is 19.1. The normalized spacial score (nSPS) is 11.3. The fourth-order valence-corrected chi connectivity index (χ4v) is 2.40. The van der Waals surface area contributed by atoms with E-state index >= 15 is 0 Å². The minimum absolute atomic E-state index is 0.0217. The van der Waals surface area contributed by atoms with Gasteiger partial charge in [-0.15, -0.1) is 0 Å². The summed E-state index contributed by atoms with van der Waals surface area (Å²) in [4.78, 5) is 23.8. The van der Waals surface area contributed by atoms with E-state index in [0.717, 1.165) is 6.42 Å². The van der Waals surface area contributed by atoms with Crippen LogP contribution in [0.25, 0.3) is 11.0 Å². The van der Waals surface area contributed by atoms with E-state index in [1.54, 1.807) is 32.0 Å². The third kappa shape index (κ3) is 4.88. The molecule has 0 bridgehead atoms. The number of esters is 1. The second kappa shape index (κ2) is 9.08. The van der Waals surface area contributed by atoms with Crippen molar-refractivity contribution in [3.8, 4) is 17.2 Å². The van der Waals surface area contributed by atoms with E-state index in [4.69, 9.17) is 18.6 Å².